The van der Waals surface area contributed by atoms with Crippen molar-refractivity contribution in [2.24, 2.45) is 5.73 Å². The zero-order valence-electron chi connectivity index (χ0n) is 5.81. The van der Waals surface area contributed by atoms with E-state index in [2.05, 4.69) is 6.58 Å². The van der Waals surface area contributed by atoms with Gasteiger partial charge in [-0.2, -0.15) is 0 Å². The largest absolute Gasteiger partial charge is 0.366 e. The fourth-order valence-corrected chi connectivity index (χ4v) is 0.867. The predicted octanol–water partition coefficient (Wildman–Crippen LogP) is -0.408. The Balaban J connectivity index is 3.39. The van der Waals surface area contributed by atoms with Crippen molar-refractivity contribution in [1.29, 1.82) is 0 Å². The van der Waals surface area contributed by atoms with Crippen LogP contribution in [0.2, 0.25) is 6.04 Å². The molecule has 0 atom stereocenters. The molecular weight excluding hydrogens is 130 g/mol. The summed E-state index contributed by atoms with van der Waals surface area (Å²) in [6, 6.07) is 1.21. The lowest BCUT2D eigenvalue weighted by Gasteiger charge is -1.96. The number of carbonyl (C=O) groups is 1. The zero-order valence-corrected chi connectivity index (χ0v) is 7.81. The molecular formula is C6H13NOSi. The number of carbonyl (C=O) groups excluding carboxylic acids is 1. The first-order valence-electron chi connectivity index (χ1n) is 3.16. The van der Waals surface area contributed by atoms with Gasteiger partial charge in [-0.1, -0.05) is 19.0 Å². The zero-order chi connectivity index (χ0) is 7.28. The Hall–Kier alpha value is -0.573. The molecule has 0 unspecified atom stereocenters. The van der Waals surface area contributed by atoms with Crippen LogP contribution in [-0.4, -0.2) is 16.1 Å². The minimum atomic E-state index is -0.356. The van der Waals surface area contributed by atoms with Gasteiger partial charge in [-0.25, -0.2) is 0 Å². The average molecular weight is 143 g/mol. The Bertz CT molecular complexity index is 122. The summed E-state index contributed by atoms with van der Waals surface area (Å²) in [6.07, 6.45) is 1.84. The van der Waals surface area contributed by atoms with E-state index in [0.29, 0.717) is 5.57 Å². The first-order valence-corrected chi connectivity index (χ1v) is 4.57. The molecule has 0 heterocycles. The van der Waals surface area contributed by atoms with Crippen LogP contribution >= 0.6 is 0 Å². The molecule has 0 aliphatic rings. The smallest absolute Gasteiger partial charge is 0.244 e. The summed E-state index contributed by atoms with van der Waals surface area (Å²) < 4.78 is 0. The molecule has 1 amide bonds. The van der Waals surface area contributed by atoms with E-state index in [1.54, 1.807) is 0 Å². The molecule has 0 aromatic rings. The van der Waals surface area contributed by atoms with E-state index >= 15 is 0 Å². The van der Waals surface area contributed by atoms with Crippen molar-refractivity contribution in [2.75, 3.05) is 0 Å². The van der Waals surface area contributed by atoms with Gasteiger partial charge in [0.05, 0.1) is 0 Å². The Morgan fingerprint density at radius 1 is 1.67 bits per heavy atom. The standard InChI is InChI=1S/C6H13NOSi/c1-5(6(7)8)3-2-4-9/h1-4H2,9H3,(H2,7,8). The summed E-state index contributed by atoms with van der Waals surface area (Å²) in [6.45, 7) is 3.53. The minimum Gasteiger partial charge on any atom is -0.366 e. The van der Waals surface area contributed by atoms with E-state index in [0.717, 1.165) is 12.8 Å². The molecule has 2 nitrogen and oxygen atoms in total. The van der Waals surface area contributed by atoms with Crippen molar-refractivity contribution in [1.82, 2.24) is 0 Å². The van der Waals surface area contributed by atoms with Crippen LogP contribution in [0.15, 0.2) is 12.2 Å². The molecule has 52 valence electrons. The molecule has 0 fully saturated rings. The van der Waals surface area contributed by atoms with E-state index < -0.39 is 0 Å². The van der Waals surface area contributed by atoms with Gasteiger partial charge in [0.25, 0.3) is 0 Å². The summed E-state index contributed by atoms with van der Waals surface area (Å²) in [5.41, 5.74) is 5.51. The summed E-state index contributed by atoms with van der Waals surface area (Å²) in [4.78, 5) is 10.3. The quantitative estimate of drug-likeness (QED) is 0.422. The van der Waals surface area contributed by atoms with E-state index in [1.165, 1.54) is 16.3 Å². The second-order valence-corrected chi connectivity index (χ2v) is 3.07. The highest BCUT2D eigenvalue weighted by atomic mass is 28.1. The van der Waals surface area contributed by atoms with Gasteiger partial charge in [0.1, 0.15) is 0 Å². The van der Waals surface area contributed by atoms with Gasteiger partial charge < -0.3 is 5.73 Å². The topological polar surface area (TPSA) is 43.1 Å². The normalized spacial score (nSPS) is 9.33. The van der Waals surface area contributed by atoms with Gasteiger partial charge in [0, 0.05) is 15.8 Å². The molecule has 3 heteroatoms. The van der Waals surface area contributed by atoms with Crippen LogP contribution in [0.5, 0.6) is 0 Å². The van der Waals surface area contributed by atoms with Gasteiger partial charge in [-0.15, -0.1) is 0 Å². The van der Waals surface area contributed by atoms with Crippen LogP contribution in [0.3, 0.4) is 0 Å². The van der Waals surface area contributed by atoms with Crippen molar-refractivity contribution >= 4 is 16.1 Å². The van der Waals surface area contributed by atoms with Gasteiger partial charge in [0.15, 0.2) is 0 Å². The number of rotatable bonds is 4. The molecule has 0 aromatic carbocycles. The number of hydrogen-bond acceptors (Lipinski definition) is 1. The molecule has 0 saturated heterocycles. The highest BCUT2D eigenvalue weighted by molar-refractivity contribution is 6.08. The first-order chi connectivity index (χ1) is 4.18. The maximum Gasteiger partial charge on any atom is 0.244 e. The number of hydrogen-bond donors (Lipinski definition) is 1. The highest BCUT2D eigenvalue weighted by Gasteiger charge is 1.98. The molecule has 9 heavy (non-hydrogen) atoms. The second-order valence-electron chi connectivity index (χ2n) is 2.07. The SMILES string of the molecule is C=C(CCC[SiH3])C(N)=O. The second kappa shape index (κ2) is 4.32. The van der Waals surface area contributed by atoms with E-state index in [9.17, 15) is 4.79 Å². The summed E-state index contributed by atoms with van der Waals surface area (Å²) in [5, 5.41) is 0. The van der Waals surface area contributed by atoms with Gasteiger partial charge in [-0.05, 0) is 6.42 Å². The average Bonchev–Trinajstić information content (AvgIpc) is 1.82. The van der Waals surface area contributed by atoms with Gasteiger partial charge in [-0.3, -0.25) is 4.79 Å². The van der Waals surface area contributed by atoms with Crippen molar-refractivity contribution in [2.45, 2.75) is 18.9 Å². The molecule has 0 saturated carbocycles. The highest BCUT2D eigenvalue weighted by Crippen LogP contribution is 2.02. The number of nitrogens with two attached hydrogens (primary N) is 1. The first kappa shape index (κ1) is 8.43. The Morgan fingerprint density at radius 2 is 2.22 bits per heavy atom. The summed E-state index contributed by atoms with van der Waals surface area (Å²) in [5.74, 6) is -0.356. The number of amides is 1. The lowest BCUT2D eigenvalue weighted by atomic mass is 10.2. The fourth-order valence-electron chi connectivity index (χ4n) is 0.513. The summed E-state index contributed by atoms with van der Waals surface area (Å²) >= 11 is 0. The van der Waals surface area contributed by atoms with Crippen molar-refractivity contribution in [3.05, 3.63) is 12.2 Å². The third-order valence-corrected chi connectivity index (χ3v) is 1.89. The third kappa shape index (κ3) is 3.97. The Labute approximate surface area is 58.5 Å². The third-order valence-electron chi connectivity index (χ3n) is 1.18. The lowest BCUT2D eigenvalue weighted by Crippen LogP contribution is -2.12. The summed E-state index contributed by atoms with van der Waals surface area (Å²) in [7, 11) is 1.20. The van der Waals surface area contributed by atoms with Crippen LogP contribution < -0.4 is 5.73 Å². The monoisotopic (exact) mass is 143 g/mol. The lowest BCUT2D eigenvalue weighted by molar-refractivity contribution is -0.114. The maximum absolute atomic E-state index is 10.3. The van der Waals surface area contributed by atoms with E-state index in [4.69, 9.17) is 5.73 Å². The number of primary amides is 1. The Morgan fingerprint density at radius 3 is 2.56 bits per heavy atom. The molecule has 2 N–H and O–H groups in total. The van der Waals surface area contributed by atoms with Crippen LogP contribution in [0.4, 0.5) is 0 Å². The van der Waals surface area contributed by atoms with E-state index in [1.807, 2.05) is 0 Å². The molecule has 0 radical (unpaired) electrons. The van der Waals surface area contributed by atoms with Gasteiger partial charge in [0.2, 0.25) is 5.91 Å². The molecule has 0 aliphatic heterocycles. The minimum absolute atomic E-state index is 0.356. The molecule has 0 spiro atoms. The van der Waals surface area contributed by atoms with Crippen LogP contribution in [0.1, 0.15) is 12.8 Å². The molecule has 0 rings (SSSR count). The fraction of sp³-hybridized carbons (Fsp3) is 0.500. The van der Waals surface area contributed by atoms with Crippen molar-refractivity contribution in [3.63, 3.8) is 0 Å². The Kier molecular flexibility index (Phi) is 4.04. The molecule has 0 aromatic heterocycles. The maximum atomic E-state index is 10.3. The predicted molar refractivity (Wildman–Crippen MR) is 42.3 cm³/mol. The van der Waals surface area contributed by atoms with Crippen molar-refractivity contribution in [3.8, 4) is 0 Å². The van der Waals surface area contributed by atoms with Crippen LogP contribution in [-0.2, 0) is 4.79 Å². The molecule has 0 aliphatic carbocycles. The van der Waals surface area contributed by atoms with Crippen LogP contribution in [0.25, 0.3) is 0 Å². The van der Waals surface area contributed by atoms with E-state index in [-0.39, 0.29) is 5.91 Å². The molecule has 0 bridgehead atoms. The van der Waals surface area contributed by atoms with Crippen LogP contribution in [0, 0.1) is 0 Å². The van der Waals surface area contributed by atoms with Crippen molar-refractivity contribution < 1.29 is 4.79 Å². The van der Waals surface area contributed by atoms with Gasteiger partial charge >= 0.3 is 0 Å².